The average molecular weight is 507 g/mol. The minimum absolute atomic E-state index is 0.0316. The summed E-state index contributed by atoms with van der Waals surface area (Å²) < 4.78 is 0. The van der Waals surface area contributed by atoms with Crippen LogP contribution in [0.25, 0.3) is 10.9 Å². The van der Waals surface area contributed by atoms with Gasteiger partial charge in [-0.2, -0.15) is 0 Å². The number of para-hydroxylation sites is 1. The van der Waals surface area contributed by atoms with Gasteiger partial charge in [0.1, 0.15) is 5.82 Å². The van der Waals surface area contributed by atoms with Gasteiger partial charge in [-0.1, -0.05) is 32.9 Å². The van der Waals surface area contributed by atoms with E-state index in [1.165, 1.54) is 25.7 Å². The van der Waals surface area contributed by atoms with Crippen molar-refractivity contribution < 1.29 is 10.2 Å². The Bertz CT molecular complexity index is 1220. The van der Waals surface area contributed by atoms with E-state index in [-0.39, 0.29) is 28.6 Å². The highest BCUT2D eigenvalue weighted by atomic mass is 16.3. The summed E-state index contributed by atoms with van der Waals surface area (Å²) >= 11 is 0. The minimum Gasteiger partial charge on any atom is -0.393 e. The van der Waals surface area contributed by atoms with Crippen LogP contribution in [0.5, 0.6) is 0 Å². The Hall–Kier alpha value is -1.72. The van der Waals surface area contributed by atoms with Crippen molar-refractivity contribution >= 4 is 10.9 Å². The van der Waals surface area contributed by atoms with E-state index in [1.54, 1.807) is 0 Å². The van der Waals surface area contributed by atoms with Crippen LogP contribution in [0.3, 0.4) is 0 Å². The maximum Gasteiger partial charge on any atom is 0.258 e. The standard InChI is InChI=1S/C32H46N2O3/c1-18(8-11-27-33-29-19(2)6-5-7-22(29)30(37)34-27)23-9-10-24-28-25(13-15-32(23,24)4)31(3)14-12-21(35)16-20(31)17-26(28)36/h5-7,18,20-21,23-26,28,35-36H,8-17H2,1-4H3,(H,33,34,37)/t18-,20+,21-,23-,24+,25?,26+,28+,31+,32-/m1/s1. The molecular formula is C32H46N2O3. The summed E-state index contributed by atoms with van der Waals surface area (Å²) in [5, 5.41) is 22.5. The molecule has 3 N–H and O–H groups in total. The summed E-state index contributed by atoms with van der Waals surface area (Å²) in [6.07, 6.45) is 10.2. The predicted molar refractivity (Wildman–Crippen MR) is 147 cm³/mol. The zero-order valence-electron chi connectivity index (χ0n) is 23.2. The number of fused-ring (bicyclic) bond motifs is 6. The SMILES string of the molecule is Cc1cccc2c(=O)[nH]c(CC[C@@H](C)[C@H]3CC[C@H]4[C@H]5C(CC[C@]34C)[C@@]3(C)CC[C@@H](O)C[C@H]3C[C@@H]5O)nc12. The zero-order valence-corrected chi connectivity index (χ0v) is 23.2. The molecule has 4 aliphatic carbocycles. The van der Waals surface area contributed by atoms with E-state index in [0.717, 1.165) is 55.4 Å². The molecule has 1 heterocycles. The summed E-state index contributed by atoms with van der Waals surface area (Å²) in [6, 6.07) is 5.80. The highest BCUT2D eigenvalue weighted by molar-refractivity contribution is 5.80. The Kier molecular flexibility index (Phi) is 6.35. The fraction of sp³-hybridized carbons (Fsp3) is 0.750. The van der Waals surface area contributed by atoms with Gasteiger partial charge in [-0.25, -0.2) is 4.98 Å². The lowest BCUT2D eigenvalue weighted by Gasteiger charge is -2.62. The summed E-state index contributed by atoms with van der Waals surface area (Å²) in [4.78, 5) is 20.6. The number of aryl methyl sites for hydroxylation is 2. The third kappa shape index (κ3) is 4.02. The van der Waals surface area contributed by atoms with Crippen molar-refractivity contribution in [3.8, 4) is 0 Å². The summed E-state index contributed by atoms with van der Waals surface area (Å²) in [5.41, 5.74) is 2.40. The second-order valence-electron chi connectivity index (χ2n) is 14.0. The van der Waals surface area contributed by atoms with E-state index in [4.69, 9.17) is 4.98 Å². The molecule has 1 unspecified atom stereocenters. The number of H-pyrrole nitrogens is 1. The van der Waals surface area contributed by atoms with Crippen LogP contribution in [0.4, 0.5) is 0 Å². The number of aromatic nitrogens is 2. The number of benzene rings is 1. The molecule has 0 aliphatic heterocycles. The summed E-state index contributed by atoms with van der Waals surface area (Å²) in [5.74, 6) is 4.08. The van der Waals surface area contributed by atoms with Gasteiger partial charge >= 0.3 is 0 Å². The Balaban J connectivity index is 1.19. The van der Waals surface area contributed by atoms with Crippen LogP contribution >= 0.6 is 0 Å². The number of nitrogens with one attached hydrogen (secondary N) is 1. The molecule has 6 rings (SSSR count). The first-order chi connectivity index (χ1) is 17.6. The highest BCUT2D eigenvalue weighted by Crippen LogP contribution is 2.68. The number of nitrogens with zero attached hydrogens (tertiary/aromatic N) is 1. The van der Waals surface area contributed by atoms with E-state index >= 15 is 0 Å². The van der Waals surface area contributed by atoms with Crippen molar-refractivity contribution in [2.75, 3.05) is 0 Å². The molecule has 0 bridgehead atoms. The maximum absolute atomic E-state index is 12.7. The Morgan fingerprint density at radius 2 is 1.81 bits per heavy atom. The average Bonchev–Trinajstić information content (AvgIpc) is 3.21. The van der Waals surface area contributed by atoms with Crippen LogP contribution in [0.15, 0.2) is 23.0 Å². The smallest absolute Gasteiger partial charge is 0.258 e. The topological polar surface area (TPSA) is 86.2 Å². The van der Waals surface area contributed by atoms with Gasteiger partial charge in [0.05, 0.1) is 23.1 Å². The quantitative estimate of drug-likeness (QED) is 0.490. The predicted octanol–water partition coefficient (Wildman–Crippen LogP) is 5.79. The summed E-state index contributed by atoms with van der Waals surface area (Å²) in [7, 11) is 0. The number of hydrogen-bond donors (Lipinski definition) is 3. The molecule has 4 aliphatic rings. The maximum atomic E-state index is 12.7. The molecule has 0 radical (unpaired) electrons. The molecule has 4 saturated carbocycles. The third-order valence-electron chi connectivity index (χ3n) is 12.2. The summed E-state index contributed by atoms with van der Waals surface area (Å²) in [6.45, 7) is 9.46. The molecule has 0 amide bonds. The lowest BCUT2D eigenvalue weighted by Crippen LogP contribution is -2.58. The first-order valence-corrected chi connectivity index (χ1v) is 15.0. The number of aliphatic hydroxyl groups is 2. The lowest BCUT2D eigenvalue weighted by atomic mass is 9.43. The fourth-order valence-corrected chi connectivity index (χ4v) is 10.2. The normalized spacial score (nSPS) is 42.2. The molecule has 2 aromatic rings. The number of hydrogen-bond acceptors (Lipinski definition) is 4. The Morgan fingerprint density at radius 3 is 2.62 bits per heavy atom. The lowest BCUT2D eigenvalue weighted by molar-refractivity contribution is -0.174. The molecular weight excluding hydrogens is 460 g/mol. The Morgan fingerprint density at radius 1 is 1.05 bits per heavy atom. The van der Waals surface area contributed by atoms with Gasteiger partial charge in [0.2, 0.25) is 0 Å². The van der Waals surface area contributed by atoms with Gasteiger partial charge in [-0.3, -0.25) is 4.79 Å². The molecule has 0 saturated heterocycles. The van der Waals surface area contributed by atoms with Gasteiger partial charge in [0, 0.05) is 6.42 Å². The van der Waals surface area contributed by atoms with Gasteiger partial charge < -0.3 is 15.2 Å². The van der Waals surface area contributed by atoms with Gasteiger partial charge in [0.25, 0.3) is 5.56 Å². The van der Waals surface area contributed by atoms with Gasteiger partial charge in [-0.15, -0.1) is 0 Å². The van der Waals surface area contributed by atoms with Crippen molar-refractivity contribution in [1.82, 2.24) is 9.97 Å². The second-order valence-corrected chi connectivity index (χ2v) is 14.0. The molecule has 5 heteroatoms. The second kappa shape index (κ2) is 9.19. The zero-order chi connectivity index (χ0) is 26.1. The molecule has 37 heavy (non-hydrogen) atoms. The van der Waals surface area contributed by atoms with Crippen molar-refractivity contribution in [3.05, 3.63) is 39.9 Å². The molecule has 1 aromatic carbocycles. The molecule has 202 valence electrons. The van der Waals surface area contributed by atoms with Crippen LogP contribution < -0.4 is 5.56 Å². The van der Waals surface area contributed by atoms with Crippen LogP contribution in [0, 0.1) is 53.3 Å². The fourth-order valence-electron chi connectivity index (χ4n) is 10.2. The van der Waals surface area contributed by atoms with E-state index in [2.05, 4.69) is 25.8 Å². The largest absolute Gasteiger partial charge is 0.393 e. The van der Waals surface area contributed by atoms with Crippen LogP contribution in [-0.4, -0.2) is 32.4 Å². The van der Waals surface area contributed by atoms with Gasteiger partial charge in [0.15, 0.2) is 0 Å². The van der Waals surface area contributed by atoms with E-state index in [1.807, 2.05) is 25.1 Å². The van der Waals surface area contributed by atoms with Crippen molar-refractivity contribution in [1.29, 1.82) is 0 Å². The molecule has 5 nitrogen and oxygen atoms in total. The van der Waals surface area contributed by atoms with E-state index in [9.17, 15) is 15.0 Å². The van der Waals surface area contributed by atoms with E-state index < -0.39 is 0 Å². The van der Waals surface area contributed by atoms with Crippen LogP contribution in [-0.2, 0) is 6.42 Å². The number of rotatable bonds is 4. The van der Waals surface area contributed by atoms with Crippen molar-refractivity contribution in [2.45, 2.75) is 104 Å². The molecule has 0 spiro atoms. The van der Waals surface area contributed by atoms with Crippen molar-refractivity contribution in [2.24, 2.45) is 46.3 Å². The number of aromatic amines is 1. The number of aliphatic hydroxyl groups excluding tert-OH is 2. The van der Waals surface area contributed by atoms with Crippen LogP contribution in [0.1, 0.15) is 89.9 Å². The van der Waals surface area contributed by atoms with E-state index in [0.29, 0.717) is 40.9 Å². The monoisotopic (exact) mass is 506 g/mol. The van der Waals surface area contributed by atoms with Crippen molar-refractivity contribution in [3.63, 3.8) is 0 Å². The third-order valence-corrected chi connectivity index (χ3v) is 12.2. The first-order valence-electron chi connectivity index (χ1n) is 15.0. The molecule has 1 aromatic heterocycles. The minimum atomic E-state index is -0.220. The first kappa shape index (κ1) is 25.6. The highest BCUT2D eigenvalue weighted by Gasteiger charge is 2.62. The Labute approximate surface area is 221 Å². The van der Waals surface area contributed by atoms with Gasteiger partial charge in [-0.05, 0) is 123 Å². The molecule has 4 fully saturated rings. The van der Waals surface area contributed by atoms with Crippen LogP contribution in [0.2, 0.25) is 0 Å². The molecule has 10 atom stereocenters.